The Bertz CT molecular complexity index is 586. The molecular weight excluding hydrogens is 384 g/mol. The summed E-state index contributed by atoms with van der Waals surface area (Å²) in [6.07, 6.45) is 6.63. The molecule has 1 aromatic carbocycles. The summed E-state index contributed by atoms with van der Waals surface area (Å²) < 4.78 is 6.08. The summed E-state index contributed by atoms with van der Waals surface area (Å²) in [7, 11) is 1.63. The van der Waals surface area contributed by atoms with Gasteiger partial charge in [-0.25, -0.2) is 0 Å². The average molecular weight is 411 g/mol. The van der Waals surface area contributed by atoms with E-state index in [1.54, 1.807) is 7.11 Å². The van der Waals surface area contributed by atoms with Gasteiger partial charge < -0.3 is 15.4 Å². The fraction of sp³-hybridized carbons (Fsp3) is 0.579. The van der Waals surface area contributed by atoms with Gasteiger partial charge in [-0.15, -0.1) is 0 Å². The third kappa shape index (κ3) is 6.69. The maximum absolute atomic E-state index is 12.0. The fourth-order valence-corrected chi connectivity index (χ4v) is 3.70. The smallest absolute Gasteiger partial charge is 0.223 e. The summed E-state index contributed by atoms with van der Waals surface area (Å²) in [5.41, 5.74) is 1.08. The maximum Gasteiger partial charge on any atom is 0.223 e. The van der Waals surface area contributed by atoms with Crippen LogP contribution in [0.1, 0.15) is 44.1 Å². The highest BCUT2D eigenvalue weighted by Gasteiger charge is 2.20. The molecule has 138 valence electrons. The predicted molar refractivity (Wildman–Crippen MR) is 102 cm³/mol. The summed E-state index contributed by atoms with van der Waals surface area (Å²) in [5.74, 6) is 1.08. The number of hydrogen-bond acceptors (Lipinski definition) is 3. The summed E-state index contributed by atoms with van der Waals surface area (Å²) in [6, 6.07) is 5.82. The Morgan fingerprint density at radius 3 is 2.56 bits per heavy atom. The zero-order valence-electron chi connectivity index (χ0n) is 14.8. The minimum Gasteiger partial charge on any atom is -0.496 e. The number of rotatable bonds is 8. The summed E-state index contributed by atoms with van der Waals surface area (Å²) in [5, 5.41) is 5.79. The van der Waals surface area contributed by atoms with E-state index in [2.05, 4.69) is 26.6 Å². The van der Waals surface area contributed by atoms with Gasteiger partial charge in [0.2, 0.25) is 11.8 Å². The monoisotopic (exact) mass is 410 g/mol. The number of methoxy groups -OCH3 is 1. The van der Waals surface area contributed by atoms with Crippen LogP contribution in [0.25, 0.3) is 0 Å². The van der Waals surface area contributed by atoms with Crippen LogP contribution in [0.4, 0.5) is 0 Å². The Morgan fingerprint density at radius 2 is 1.88 bits per heavy atom. The third-order valence-corrected chi connectivity index (χ3v) is 5.20. The molecule has 0 unspecified atom stereocenters. The molecule has 2 N–H and O–H groups in total. The lowest BCUT2D eigenvalue weighted by atomic mass is 9.89. The number of carbonyl (C=O) groups excluding carboxylic acids is 2. The number of halogens is 1. The van der Waals surface area contributed by atoms with Crippen molar-refractivity contribution in [3.05, 3.63) is 28.2 Å². The molecule has 0 spiro atoms. The van der Waals surface area contributed by atoms with Gasteiger partial charge in [-0.1, -0.05) is 25.3 Å². The van der Waals surface area contributed by atoms with Crippen LogP contribution in [0.15, 0.2) is 22.7 Å². The molecule has 0 aliphatic heterocycles. The van der Waals surface area contributed by atoms with Gasteiger partial charge in [-0.2, -0.15) is 0 Å². The lowest BCUT2D eigenvalue weighted by molar-refractivity contribution is -0.126. The van der Waals surface area contributed by atoms with Crippen LogP contribution in [-0.2, 0) is 16.0 Å². The molecule has 0 atom stereocenters. The molecule has 2 amide bonds. The molecule has 0 bridgehead atoms. The first-order chi connectivity index (χ1) is 12.1. The highest BCUT2D eigenvalue weighted by atomic mass is 79.9. The second-order valence-corrected chi connectivity index (χ2v) is 7.30. The number of nitrogens with one attached hydrogen (secondary N) is 2. The Hall–Kier alpha value is -1.56. The fourth-order valence-electron chi connectivity index (χ4n) is 3.11. The van der Waals surface area contributed by atoms with Crippen LogP contribution >= 0.6 is 15.9 Å². The van der Waals surface area contributed by atoms with Crippen molar-refractivity contribution in [3.63, 3.8) is 0 Å². The first-order valence-electron chi connectivity index (χ1n) is 8.97. The summed E-state index contributed by atoms with van der Waals surface area (Å²) >= 11 is 3.45. The quantitative estimate of drug-likeness (QED) is 0.646. The molecule has 0 heterocycles. The van der Waals surface area contributed by atoms with Crippen molar-refractivity contribution in [2.45, 2.75) is 44.9 Å². The van der Waals surface area contributed by atoms with Gasteiger partial charge in [0.15, 0.2) is 0 Å². The molecule has 0 aromatic heterocycles. The van der Waals surface area contributed by atoms with Crippen LogP contribution in [-0.4, -0.2) is 32.0 Å². The van der Waals surface area contributed by atoms with Crippen molar-refractivity contribution in [1.82, 2.24) is 10.6 Å². The van der Waals surface area contributed by atoms with Crippen LogP contribution in [0.3, 0.4) is 0 Å². The predicted octanol–water partition coefficient (Wildman–Crippen LogP) is 3.20. The minimum atomic E-state index is -0.00106. The van der Waals surface area contributed by atoms with E-state index >= 15 is 0 Å². The van der Waals surface area contributed by atoms with E-state index in [0.29, 0.717) is 25.9 Å². The van der Waals surface area contributed by atoms with Gasteiger partial charge in [0.05, 0.1) is 11.6 Å². The average Bonchev–Trinajstić information content (AvgIpc) is 2.64. The first-order valence-corrected chi connectivity index (χ1v) is 9.76. The number of hydrogen-bond donors (Lipinski definition) is 2. The van der Waals surface area contributed by atoms with Gasteiger partial charge >= 0.3 is 0 Å². The SMILES string of the molecule is COc1ccc(CCC(=O)NCCNC(=O)C2CCCCC2)cc1Br. The normalized spacial score (nSPS) is 14.8. The van der Waals surface area contributed by atoms with E-state index in [1.807, 2.05) is 18.2 Å². The topological polar surface area (TPSA) is 67.4 Å². The molecule has 0 saturated heterocycles. The van der Waals surface area contributed by atoms with Crippen molar-refractivity contribution < 1.29 is 14.3 Å². The van der Waals surface area contributed by atoms with Crippen molar-refractivity contribution in [3.8, 4) is 5.75 Å². The standard InChI is InChI=1S/C19H27BrN2O3/c1-25-17-9-7-14(13-16(17)20)8-10-18(23)21-11-12-22-19(24)15-5-3-2-4-6-15/h7,9,13,15H,2-6,8,10-12H2,1H3,(H,21,23)(H,22,24). The maximum atomic E-state index is 12.0. The van der Waals surface area contributed by atoms with E-state index in [4.69, 9.17) is 4.74 Å². The number of ether oxygens (including phenoxy) is 1. The first kappa shape index (κ1) is 19.8. The number of aryl methyl sites for hydroxylation is 1. The molecule has 25 heavy (non-hydrogen) atoms. The molecule has 6 heteroatoms. The number of carbonyl (C=O) groups is 2. The van der Waals surface area contributed by atoms with Gasteiger partial charge in [0.1, 0.15) is 5.75 Å². The van der Waals surface area contributed by atoms with Crippen LogP contribution in [0.5, 0.6) is 5.75 Å². The Morgan fingerprint density at radius 1 is 1.16 bits per heavy atom. The number of benzene rings is 1. The summed E-state index contributed by atoms with van der Waals surface area (Å²) in [4.78, 5) is 23.9. The Labute approximate surface area is 158 Å². The van der Waals surface area contributed by atoms with Crippen molar-refractivity contribution in [1.29, 1.82) is 0 Å². The molecule has 5 nitrogen and oxygen atoms in total. The number of amides is 2. The zero-order chi connectivity index (χ0) is 18.1. The second kappa shape index (κ2) is 10.4. The molecule has 1 saturated carbocycles. The van der Waals surface area contributed by atoms with Gasteiger partial charge in [-0.3, -0.25) is 9.59 Å². The van der Waals surface area contributed by atoms with E-state index in [0.717, 1.165) is 41.5 Å². The Kier molecular flexibility index (Phi) is 8.25. The van der Waals surface area contributed by atoms with Crippen molar-refractivity contribution in [2.24, 2.45) is 5.92 Å². The van der Waals surface area contributed by atoms with Crippen molar-refractivity contribution in [2.75, 3.05) is 20.2 Å². The highest BCUT2D eigenvalue weighted by Crippen LogP contribution is 2.26. The van der Waals surface area contributed by atoms with Crippen LogP contribution < -0.4 is 15.4 Å². The molecule has 1 aliphatic rings. The van der Waals surface area contributed by atoms with Gasteiger partial charge in [-0.05, 0) is 52.9 Å². The zero-order valence-corrected chi connectivity index (χ0v) is 16.4. The minimum absolute atomic E-state index is 0.00106. The lowest BCUT2D eigenvalue weighted by Gasteiger charge is -2.20. The van der Waals surface area contributed by atoms with Crippen LogP contribution in [0.2, 0.25) is 0 Å². The molecule has 1 aliphatic carbocycles. The highest BCUT2D eigenvalue weighted by molar-refractivity contribution is 9.10. The lowest BCUT2D eigenvalue weighted by Crippen LogP contribution is -2.38. The Balaban J connectivity index is 1.60. The molecular formula is C19H27BrN2O3. The van der Waals surface area contributed by atoms with Crippen molar-refractivity contribution >= 4 is 27.7 Å². The van der Waals surface area contributed by atoms with E-state index in [1.165, 1.54) is 6.42 Å². The van der Waals surface area contributed by atoms with Gasteiger partial charge in [0.25, 0.3) is 0 Å². The summed E-state index contributed by atoms with van der Waals surface area (Å²) in [6.45, 7) is 0.971. The second-order valence-electron chi connectivity index (χ2n) is 6.44. The largest absolute Gasteiger partial charge is 0.496 e. The van der Waals surface area contributed by atoms with E-state index < -0.39 is 0 Å². The molecule has 1 fully saturated rings. The molecule has 0 radical (unpaired) electrons. The van der Waals surface area contributed by atoms with Crippen LogP contribution in [0, 0.1) is 5.92 Å². The van der Waals surface area contributed by atoms with E-state index in [-0.39, 0.29) is 17.7 Å². The third-order valence-electron chi connectivity index (χ3n) is 4.58. The molecule has 1 aromatic rings. The molecule has 2 rings (SSSR count). The van der Waals surface area contributed by atoms with E-state index in [9.17, 15) is 9.59 Å². The van der Waals surface area contributed by atoms with Gasteiger partial charge in [0, 0.05) is 25.4 Å².